The van der Waals surface area contributed by atoms with Gasteiger partial charge in [-0.05, 0) is 50.9 Å². The lowest BCUT2D eigenvalue weighted by molar-refractivity contribution is -0.137. The summed E-state index contributed by atoms with van der Waals surface area (Å²) >= 11 is 0. The molecule has 1 amide bonds. The summed E-state index contributed by atoms with van der Waals surface area (Å²) in [6, 6.07) is 0.794. The molecule has 1 aliphatic carbocycles. The number of nitrogens with zero attached hydrogens (tertiary/aromatic N) is 2. The summed E-state index contributed by atoms with van der Waals surface area (Å²) in [4.78, 5) is 16.6. The molecule has 0 aromatic heterocycles. The molecule has 20 heavy (non-hydrogen) atoms. The fourth-order valence-electron chi connectivity index (χ4n) is 4.47. The lowest BCUT2D eigenvalue weighted by Crippen LogP contribution is -2.52. The quantitative estimate of drug-likeness (QED) is 0.847. The van der Waals surface area contributed by atoms with Crippen molar-refractivity contribution < 1.29 is 4.79 Å². The second-order valence-electron chi connectivity index (χ2n) is 7.44. The Bertz CT molecular complexity index is 357. The topological polar surface area (TPSA) is 49.6 Å². The molecular formula is C16H29N3O. The Balaban J connectivity index is 1.55. The van der Waals surface area contributed by atoms with Gasteiger partial charge in [-0.2, -0.15) is 0 Å². The number of fused-ring (bicyclic) bond motifs is 2. The van der Waals surface area contributed by atoms with Gasteiger partial charge in [0.2, 0.25) is 5.91 Å². The first kappa shape index (κ1) is 14.3. The van der Waals surface area contributed by atoms with Crippen LogP contribution in [0.3, 0.4) is 0 Å². The molecular weight excluding hydrogens is 250 g/mol. The molecule has 4 heteroatoms. The van der Waals surface area contributed by atoms with Gasteiger partial charge in [0.25, 0.3) is 0 Å². The molecule has 2 unspecified atom stereocenters. The minimum absolute atomic E-state index is 0.344. The molecule has 2 heterocycles. The summed E-state index contributed by atoms with van der Waals surface area (Å²) in [6.45, 7) is 8.74. The molecule has 0 radical (unpaired) electrons. The maximum Gasteiger partial charge on any atom is 0.222 e. The maximum absolute atomic E-state index is 11.9. The summed E-state index contributed by atoms with van der Waals surface area (Å²) in [7, 11) is 0. The van der Waals surface area contributed by atoms with Gasteiger partial charge in [0.1, 0.15) is 0 Å². The molecule has 4 nitrogen and oxygen atoms in total. The highest BCUT2D eigenvalue weighted by atomic mass is 16.2. The van der Waals surface area contributed by atoms with E-state index in [9.17, 15) is 4.79 Å². The van der Waals surface area contributed by atoms with Gasteiger partial charge in [0.15, 0.2) is 0 Å². The van der Waals surface area contributed by atoms with Gasteiger partial charge >= 0.3 is 0 Å². The van der Waals surface area contributed by atoms with Crippen LogP contribution in [0.4, 0.5) is 0 Å². The molecule has 0 aromatic carbocycles. The van der Waals surface area contributed by atoms with Crippen molar-refractivity contribution in [3.63, 3.8) is 0 Å². The molecule has 1 saturated carbocycles. The summed E-state index contributed by atoms with van der Waals surface area (Å²) in [5.41, 5.74) is 6.28. The number of carbonyl (C=O) groups is 1. The summed E-state index contributed by atoms with van der Waals surface area (Å²) in [5, 5.41) is 0. The number of likely N-dealkylation sites (tertiary alicyclic amines) is 2. The predicted molar refractivity (Wildman–Crippen MR) is 80.2 cm³/mol. The smallest absolute Gasteiger partial charge is 0.222 e. The van der Waals surface area contributed by atoms with Crippen LogP contribution in [0, 0.1) is 17.8 Å². The highest BCUT2D eigenvalue weighted by Gasteiger charge is 2.40. The number of rotatable bonds is 3. The Kier molecular flexibility index (Phi) is 4.04. The third-order valence-electron chi connectivity index (χ3n) is 5.66. The van der Waals surface area contributed by atoms with Crippen molar-refractivity contribution in [1.29, 1.82) is 0 Å². The third kappa shape index (κ3) is 2.73. The average Bonchev–Trinajstić information content (AvgIpc) is 2.63. The molecule has 0 spiro atoms. The van der Waals surface area contributed by atoms with Crippen molar-refractivity contribution in [2.24, 2.45) is 23.5 Å². The largest absolute Gasteiger partial charge is 0.340 e. The van der Waals surface area contributed by atoms with Crippen LogP contribution in [-0.4, -0.2) is 54.0 Å². The van der Waals surface area contributed by atoms with Crippen molar-refractivity contribution >= 4 is 5.91 Å². The highest BCUT2D eigenvalue weighted by Crippen LogP contribution is 2.36. The lowest BCUT2D eigenvalue weighted by atomic mass is 9.90. The van der Waals surface area contributed by atoms with E-state index in [1.54, 1.807) is 0 Å². The van der Waals surface area contributed by atoms with Gasteiger partial charge in [-0.25, -0.2) is 0 Å². The Morgan fingerprint density at radius 3 is 2.40 bits per heavy atom. The zero-order valence-corrected chi connectivity index (χ0v) is 12.9. The molecule has 2 saturated heterocycles. The summed E-state index contributed by atoms with van der Waals surface area (Å²) in [5.74, 6) is 2.45. The lowest BCUT2D eigenvalue weighted by Gasteiger charge is -2.41. The van der Waals surface area contributed by atoms with Crippen molar-refractivity contribution in [3.05, 3.63) is 0 Å². The molecule has 3 fully saturated rings. The van der Waals surface area contributed by atoms with E-state index in [1.165, 1.54) is 25.9 Å². The molecule has 0 aromatic rings. The second kappa shape index (κ2) is 5.64. The van der Waals surface area contributed by atoms with Crippen LogP contribution in [0.25, 0.3) is 0 Å². The maximum atomic E-state index is 11.9. The van der Waals surface area contributed by atoms with E-state index in [-0.39, 0.29) is 0 Å². The molecule has 2 aliphatic heterocycles. The molecule has 3 rings (SSSR count). The minimum Gasteiger partial charge on any atom is -0.340 e. The van der Waals surface area contributed by atoms with E-state index in [0.717, 1.165) is 37.8 Å². The van der Waals surface area contributed by atoms with E-state index in [4.69, 9.17) is 5.73 Å². The Morgan fingerprint density at radius 2 is 1.80 bits per heavy atom. The number of hydrogen-bond acceptors (Lipinski definition) is 3. The first-order chi connectivity index (χ1) is 9.54. The van der Waals surface area contributed by atoms with Crippen LogP contribution < -0.4 is 5.73 Å². The van der Waals surface area contributed by atoms with Crippen LogP contribution in [-0.2, 0) is 4.79 Å². The first-order valence-electron chi connectivity index (χ1n) is 8.32. The van der Waals surface area contributed by atoms with Gasteiger partial charge in [-0.1, -0.05) is 0 Å². The fourth-order valence-corrected chi connectivity index (χ4v) is 4.47. The van der Waals surface area contributed by atoms with Crippen molar-refractivity contribution in [2.45, 2.75) is 51.6 Å². The van der Waals surface area contributed by atoms with Crippen LogP contribution >= 0.6 is 0 Å². The Labute approximate surface area is 122 Å². The molecule has 2 N–H and O–H groups in total. The second-order valence-corrected chi connectivity index (χ2v) is 7.44. The molecule has 3 aliphatic rings. The molecule has 4 atom stereocenters. The van der Waals surface area contributed by atoms with Gasteiger partial charge in [0.05, 0.1) is 0 Å². The van der Waals surface area contributed by atoms with Crippen LogP contribution in [0.15, 0.2) is 0 Å². The normalized spacial score (nSPS) is 38.8. The minimum atomic E-state index is 0.344. The van der Waals surface area contributed by atoms with Gasteiger partial charge < -0.3 is 15.5 Å². The van der Waals surface area contributed by atoms with Crippen molar-refractivity contribution in [1.82, 2.24) is 9.80 Å². The zero-order valence-electron chi connectivity index (χ0n) is 12.9. The predicted octanol–water partition coefficient (Wildman–Crippen LogP) is 1.30. The van der Waals surface area contributed by atoms with Gasteiger partial charge in [0, 0.05) is 44.7 Å². The van der Waals surface area contributed by atoms with Gasteiger partial charge in [-0.15, -0.1) is 0 Å². The zero-order chi connectivity index (χ0) is 14.3. The number of carbonyl (C=O) groups excluding carboxylic acids is 1. The number of nitrogens with two attached hydrogens (primary N) is 1. The molecule has 2 bridgehead atoms. The number of piperidine rings is 2. The SMILES string of the molecule is CC(C)N1CC(CN2C[C@H]3CC[C@@H](C2)C3N)CCC1=O. The highest BCUT2D eigenvalue weighted by molar-refractivity contribution is 5.77. The number of hydrogen-bond donors (Lipinski definition) is 1. The first-order valence-corrected chi connectivity index (χ1v) is 8.32. The van der Waals surface area contributed by atoms with E-state index < -0.39 is 0 Å². The fraction of sp³-hybridized carbons (Fsp3) is 0.938. The van der Waals surface area contributed by atoms with E-state index in [2.05, 4.69) is 23.6 Å². The van der Waals surface area contributed by atoms with Crippen molar-refractivity contribution in [2.75, 3.05) is 26.2 Å². The molecule has 114 valence electrons. The number of amides is 1. The van der Waals surface area contributed by atoms with E-state index in [0.29, 0.717) is 23.9 Å². The van der Waals surface area contributed by atoms with Crippen LogP contribution in [0.1, 0.15) is 39.5 Å². The van der Waals surface area contributed by atoms with Gasteiger partial charge in [-0.3, -0.25) is 4.79 Å². The van der Waals surface area contributed by atoms with Crippen LogP contribution in [0.2, 0.25) is 0 Å². The van der Waals surface area contributed by atoms with Crippen molar-refractivity contribution in [3.8, 4) is 0 Å². The summed E-state index contributed by atoms with van der Waals surface area (Å²) in [6.07, 6.45) is 4.45. The Hall–Kier alpha value is -0.610. The Morgan fingerprint density at radius 1 is 1.15 bits per heavy atom. The van der Waals surface area contributed by atoms with E-state index in [1.807, 2.05) is 0 Å². The summed E-state index contributed by atoms with van der Waals surface area (Å²) < 4.78 is 0. The van der Waals surface area contributed by atoms with E-state index >= 15 is 0 Å². The third-order valence-corrected chi connectivity index (χ3v) is 5.66. The average molecular weight is 279 g/mol. The monoisotopic (exact) mass is 279 g/mol. The van der Waals surface area contributed by atoms with Crippen LogP contribution in [0.5, 0.6) is 0 Å². The standard InChI is InChI=1S/C16H29N3O/c1-11(2)19-8-12(3-6-15(19)20)7-18-9-13-4-5-14(10-18)16(13)17/h11-14,16H,3-10,17H2,1-2H3/t12?,13-,14+,16?.